The van der Waals surface area contributed by atoms with Crippen molar-refractivity contribution < 1.29 is 0 Å². The van der Waals surface area contributed by atoms with Crippen molar-refractivity contribution in [2.45, 2.75) is 39.2 Å². The third kappa shape index (κ3) is 2.76. The fourth-order valence-electron chi connectivity index (χ4n) is 1.87. The minimum Gasteiger partial charge on any atom is -0.327 e. The molecule has 2 atom stereocenters. The van der Waals surface area contributed by atoms with Gasteiger partial charge in [0.15, 0.2) is 0 Å². The van der Waals surface area contributed by atoms with Gasteiger partial charge >= 0.3 is 0 Å². The highest BCUT2D eigenvalue weighted by molar-refractivity contribution is 4.77. The zero-order valence-corrected chi connectivity index (χ0v) is 8.42. The Kier molecular flexibility index (Phi) is 4.02. The van der Waals surface area contributed by atoms with Gasteiger partial charge in [0.25, 0.3) is 0 Å². The molecule has 2 heteroatoms. The zero-order valence-electron chi connectivity index (χ0n) is 8.42. The van der Waals surface area contributed by atoms with Crippen molar-refractivity contribution in [3.8, 4) is 0 Å². The first kappa shape index (κ1) is 10.0. The molecule has 12 heavy (non-hydrogen) atoms. The smallest absolute Gasteiger partial charge is 0.0165 e. The Bertz CT molecular complexity index is 125. The zero-order chi connectivity index (χ0) is 8.97. The van der Waals surface area contributed by atoms with Crippen molar-refractivity contribution in [3.63, 3.8) is 0 Å². The monoisotopic (exact) mass is 170 g/mol. The van der Waals surface area contributed by atoms with Crippen molar-refractivity contribution in [2.75, 3.05) is 19.6 Å². The van der Waals surface area contributed by atoms with Crippen molar-refractivity contribution in [1.29, 1.82) is 0 Å². The van der Waals surface area contributed by atoms with E-state index in [1.807, 2.05) is 0 Å². The van der Waals surface area contributed by atoms with E-state index < -0.39 is 0 Å². The third-order valence-electron chi connectivity index (χ3n) is 2.96. The van der Waals surface area contributed by atoms with E-state index in [0.717, 1.165) is 18.9 Å². The Morgan fingerprint density at radius 2 is 2.25 bits per heavy atom. The summed E-state index contributed by atoms with van der Waals surface area (Å²) in [4.78, 5) is 2.52. The maximum atomic E-state index is 5.90. The van der Waals surface area contributed by atoms with Crippen molar-refractivity contribution >= 4 is 0 Å². The van der Waals surface area contributed by atoms with E-state index >= 15 is 0 Å². The van der Waals surface area contributed by atoms with Gasteiger partial charge in [-0.1, -0.05) is 20.3 Å². The molecule has 0 aliphatic carbocycles. The SMILES string of the molecule is CCC(N)CN1CCC(CC)C1. The van der Waals surface area contributed by atoms with E-state index in [-0.39, 0.29) is 0 Å². The van der Waals surface area contributed by atoms with Gasteiger partial charge in [-0.25, -0.2) is 0 Å². The highest BCUT2D eigenvalue weighted by atomic mass is 15.2. The molecule has 72 valence electrons. The molecule has 0 spiro atoms. The highest BCUT2D eigenvalue weighted by Crippen LogP contribution is 2.18. The largest absolute Gasteiger partial charge is 0.327 e. The van der Waals surface area contributed by atoms with Gasteiger partial charge in [0, 0.05) is 19.1 Å². The molecule has 1 heterocycles. The summed E-state index contributed by atoms with van der Waals surface area (Å²) in [5, 5.41) is 0. The summed E-state index contributed by atoms with van der Waals surface area (Å²) in [7, 11) is 0. The van der Waals surface area contributed by atoms with Gasteiger partial charge in [-0.3, -0.25) is 0 Å². The predicted molar refractivity (Wildman–Crippen MR) is 53.1 cm³/mol. The number of hydrogen-bond acceptors (Lipinski definition) is 2. The molecule has 2 unspecified atom stereocenters. The summed E-state index contributed by atoms with van der Waals surface area (Å²) in [6.07, 6.45) is 3.82. The molecular formula is C10H22N2. The average molecular weight is 170 g/mol. The van der Waals surface area contributed by atoms with Gasteiger partial charge in [0.05, 0.1) is 0 Å². The van der Waals surface area contributed by atoms with Crippen LogP contribution in [0.25, 0.3) is 0 Å². The fourth-order valence-corrected chi connectivity index (χ4v) is 1.87. The number of nitrogens with zero attached hydrogens (tertiary/aromatic N) is 1. The Labute approximate surface area is 76.1 Å². The molecule has 1 aliphatic rings. The van der Waals surface area contributed by atoms with Crippen LogP contribution < -0.4 is 5.73 Å². The molecule has 0 aromatic rings. The summed E-state index contributed by atoms with van der Waals surface area (Å²) >= 11 is 0. The van der Waals surface area contributed by atoms with Crippen LogP contribution in [0, 0.1) is 5.92 Å². The summed E-state index contributed by atoms with van der Waals surface area (Å²) in [5.74, 6) is 0.939. The van der Waals surface area contributed by atoms with Gasteiger partial charge in [-0.05, 0) is 25.3 Å². The Morgan fingerprint density at radius 1 is 1.50 bits per heavy atom. The quantitative estimate of drug-likeness (QED) is 0.692. The normalized spacial score (nSPS) is 27.8. The van der Waals surface area contributed by atoms with Crippen LogP contribution in [-0.4, -0.2) is 30.6 Å². The maximum absolute atomic E-state index is 5.90. The lowest BCUT2D eigenvalue weighted by Gasteiger charge is -2.19. The van der Waals surface area contributed by atoms with Crippen LogP contribution in [0.15, 0.2) is 0 Å². The van der Waals surface area contributed by atoms with Crippen LogP contribution in [0.1, 0.15) is 33.1 Å². The molecule has 1 aliphatic heterocycles. The lowest BCUT2D eigenvalue weighted by atomic mass is 10.1. The molecule has 0 radical (unpaired) electrons. The minimum absolute atomic E-state index is 0.389. The van der Waals surface area contributed by atoms with Gasteiger partial charge in [0.1, 0.15) is 0 Å². The summed E-state index contributed by atoms with van der Waals surface area (Å²) in [5.41, 5.74) is 5.90. The first-order chi connectivity index (χ1) is 5.76. The molecule has 2 N–H and O–H groups in total. The van der Waals surface area contributed by atoms with Gasteiger partial charge < -0.3 is 10.6 Å². The molecule has 0 aromatic carbocycles. The van der Waals surface area contributed by atoms with Crippen molar-refractivity contribution in [2.24, 2.45) is 11.7 Å². The van der Waals surface area contributed by atoms with Crippen molar-refractivity contribution in [1.82, 2.24) is 4.90 Å². The number of likely N-dealkylation sites (tertiary alicyclic amines) is 1. The lowest BCUT2D eigenvalue weighted by molar-refractivity contribution is 0.298. The second-order valence-electron chi connectivity index (χ2n) is 3.99. The maximum Gasteiger partial charge on any atom is 0.0165 e. The standard InChI is InChI=1S/C10H22N2/c1-3-9-5-6-12(7-9)8-10(11)4-2/h9-10H,3-8,11H2,1-2H3. The summed E-state index contributed by atoms with van der Waals surface area (Å²) in [6, 6.07) is 0.389. The van der Waals surface area contributed by atoms with Crippen LogP contribution in [-0.2, 0) is 0 Å². The molecule has 1 fully saturated rings. The fraction of sp³-hybridized carbons (Fsp3) is 1.00. The molecule has 0 aromatic heterocycles. The van der Waals surface area contributed by atoms with Crippen LogP contribution >= 0.6 is 0 Å². The van der Waals surface area contributed by atoms with Gasteiger partial charge in [-0.15, -0.1) is 0 Å². The van der Waals surface area contributed by atoms with Crippen molar-refractivity contribution in [3.05, 3.63) is 0 Å². The molecular weight excluding hydrogens is 148 g/mol. The van der Waals surface area contributed by atoms with E-state index in [0.29, 0.717) is 6.04 Å². The summed E-state index contributed by atoms with van der Waals surface area (Å²) < 4.78 is 0. The Morgan fingerprint density at radius 3 is 2.75 bits per heavy atom. The van der Waals surface area contributed by atoms with E-state index in [1.54, 1.807) is 0 Å². The number of rotatable bonds is 4. The first-order valence-corrected chi connectivity index (χ1v) is 5.24. The second-order valence-corrected chi connectivity index (χ2v) is 3.99. The van der Waals surface area contributed by atoms with Crippen LogP contribution in [0.4, 0.5) is 0 Å². The van der Waals surface area contributed by atoms with E-state index in [2.05, 4.69) is 18.7 Å². The highest BCUT2D eigenvalue weighted by Gasteiger charge is 2.21. The summed E-state index contributed by atoms with van der Waals surface area (Å²) in [6.45, 7) is 8.11. The average Bonchev–Trinajstić information content (AvgIpc) is 2.52. The third-order valence-corrected chi connectivity index (χ3v) is 2.96. The number of nitrogens with two attached hydrogens (primary N) is 1. The second kappa shape index (κ2) is 4.83. The molecule has 1 saturated heterocycles. The van der Waals surface area contributed by atoms with E-state index in [1.165, 1.54) is 25.9 Å². The van der Waals surface area contributed by atoms with Gasteiger partial charge in [0.2, 0.25) is 0 Å². The molecule has 2 nitrogen and oxygen atoms in total. The van der Waals surface area contributed by atoms with E-state index in [4.69, 9.17) is 5.73 Å². The molecule has 0 bridgehead atoms. The van der Waals surface area contributed by atoms with Crippen LogP contribution in [0.2, 0.25) is 0 Å². The first-order valence-electron chi connectivity index (χ1n) is 5.24. The van der Waals surface area contributed by atoms with E-state index in [9.17, 15) is 0 Å². The molecule has 1 rings (SSSR count). The van der Waals surface area contributed by atoms with Gasteiger partial charge in [-0.2, -0.15) is 0 Å². The van der Waals surface area contributed by atoms with Crippen LogP contribution in [0.3, 0.4) is 0 Å². The topological polar surface area (TPSA) is 29.3 Å². The Balaban J connectivity index is 2.18. The predicted octanol–water partition coefficient (Wildman–Crippen LogP) is 1.46. The minimum atomic E-state index is 0.389. The molecule has 0 saturated carbocycles. The molecule has 0 amide bonds. The number of hydrogen-bond donors (Lipinski definition) is 1. The lowest BCUT2D eigenvalue weighted by Crippen LogP contribution is -2.35. The Hall–Kier alpha value is -0.0800. The van der Waals surface area contributed by atoms with Crippen LogP contribution in [0.5, 0.6) is 0 Å².